The Labute approximate surface area is 149 Å². The Morgan fingerprint density at radius 3 is 2.88 bits per heavy atom. The fourth-order valence-electron chi connectivity index (χ4n) is 3.38. The van der Waals surface area contributed by atoms with Gasteiger partial charge in [0.1, 0.15) is 11.6 Å². The van der Waals surface area contributed by atoms with Gasteiger partial charge in [0, 0.05) is 19.2 Å². The van der Waals surface area contributed by atoms with Crippen LogP contribution in [0.5, 0.6) is 11.5 Å². The molecule has 7 heteroatoms. The fraction of sp³-hybridized carbons (Fsp3) is 0.316. The summed E-state index contributed by atoms with van der Waals surface area (Å²) in [6, 6.07) is 7.68. The van der Waals surface area contributed by atoms with Crippen LogP contribution in [0.3, 0.4) is 0 Å². The molecule has 1 amide bonds. The third-order valence-corrected chi connectivity index (χ3v) is 4.56. The van der Waals surface area contributed by atoms with Crippen LogP contribution in [0.2, 0.25) is 0 Å². The number of anilines is 1. The monoisotopic (exact) mass is 360 g/mol. The fourth-order valence-corrected chi connectivity index (χ4v) is 3.38. The van der Waals surface area contributed by atoms with Crippen molar-refractivity contribution in [2.45, 2.75) is 19.4 Å². The zero-order valence-corrected chi connectivity index (χ0v) is 14.1. The Morgan fingerprint density at radius 1 is 1.15 bits per heavy atom. The Hall–Kier alpha value is -2.83. The molecule has 2 aromatic rings. The molecule has 0 radical (unpaired) electrons. The maximum atomic E-state index is 14.2. The van der Waals surface area contributed by atoms with E-state index in [2.05, 4.69) is 5.32 Å². The van der Waals surface area contributed by atoms with Gasteiger partial charge in [0.05, 0.1) is 12.2 Å². The minimum Gasteiger partial charge on any atom is -0.454 e. The topological polar surface area (TPSA) is 50.8 Å². The first-order valence-corrected chi connectivity index (χ1v) is 8.48. The van der Waals surface area contributed by atoms with Crippen LogP contribution in [0.4, 0.5) is 14.5 Å². The number of aryl methyl sites for hydroxylation is 1. The van der Waals surface area contributed by atoms with Crippen LogP contribution in [0.25, 0.3) is 0 Å². The minimum absolute atomic E-state index is 0.0279. The Balaban J connectivity index is 1.40. The van der Waals surface area contributed by atoms with E-state index in [4.69, 9.17) is 9.47 Å². The highest BCUT2D eigenvalue weighted by Crippen LogP contribution is 2.33. The molecular weight excluding hydrogens is 342 g/mol. The van der Waals surface area contributed by atoms with E-state index in [1.54, 1.807) is 11.0 Å². The van der Waals surface area contributed by atoms with Crippen molar-refractivity contribution in [3.8, 4) is 11.5 Å². The molecule has 2 aromatic carbocycles. The first-order valence-electron chi connectivity index (χ1n) is 8.48. The molecule has 4 rings (SSSR count). The van der Waals surface area contributed by atoms with Gasteiger partial charge in [0.2, 0.25) is 12.7 Å². The number of halogens is 2. The standard InChI is InChI=1S/C19H18F2N2O3/c20-14-7-13-2-1-5-23(19(13)15(21)8-14)10-18(24)22-9-12-3-4-16-17(6-12)26-11-25-16/h3-4,6-8H,1-2,5,9-11H2,(H,22,24). The van der Waals surface area contributed by atoms with E-state index in [1.165, 1.54) is 6.07 Å². The van der Waals surface area contributed by atoms with Gasteiger partial charge < -0.3 is 19.7 Å². The average Bonchev–Trinajstić information content (AvgIpc) is 3.07. The first-order chi connectivity index (χ1) is 12.6. The largest absolute Gasteiger partial charge is 0.454 e. The normalized spacial score (nSPS) is 14.9. The number of nitrogens with zero attached hydrogens (tertiary/aromatic N) is 1. The van der Waals surface area contributed by atoms with E-state index in [0.29, 0.717) is 42.3 Å². The van der Waals surface area contributed by atoms with Gasteiger partial charge in [-0.25, -0.2) is 8.78 Å². The third kappa shape index (κ3) is 3.29. The predicted octanol–water partition coefficient (Wildman–Crippen LogP) is 2.76. The lowest BCUT2D eigenvalue weighted by Crippen LogP contribution is -2.40. The molecule has 0 atom stereocenters. The number of ether oxygens (including phenoxy) is 2. The molecule has 136 valence electrons. The van der Waals surface area contributed by atoms with Gasteiger partial charge in [-0.3, -0.25) is 4.79 Å². The summed E-state index contributed by atoms with van der Waals surface area (Å²) in [5, 5.41) is 2.83. The van der Waals surface area contributed by atoms with Crippen molar-refractivity contribution in [2.24, 2.45) is 0 Å². The van der Waals surface area contributed by atoms with Crippen molar-refractivity contribution in [1.29, 1.82) is 0 Å². The zero-order valence-electron chi connectivity index (χ0n) is 14.1. The highest BCUT2D eigenvalue weighted by Gasteiger charge is 2.23. The summed E-state index contributed by atoms with van der Waals surface area (Å²) in [7, 11) is 0. The summed E-state index contributed by atoms with van der Waals surface area (Å²) in [5.41, 5.74) is 1.82. The summed E-state index contributed by atoms with van der Waals surface area (Å²) in [6.45, 7) is 1.13. The maximum absolute atomic E-state index is 14.2. The molecule has 2 heterocycles. The van der Waals surface area contributed by atoms with Crippen LogP contribution in [-0.4, -0.2) is 25.8 Å². The van der Waals surface area contributed by atoms with Crippen molar-refractivity contribution in [1.82, 2.24) is 5.32 Å². The zero-order chi connectivity index (χ0) is 18.1. The van der Waals surface area contributed by atoms with E-state index < -0.39 is 11.6 Å². The van der Waals surface area contributed by atoms with Gasteiger partial charge in [0.25, 0.3) is 0 Å². The smallest absolute Gasteiger partial charge is 0.239 e. The maximum Gasteiger partial charge on any atom is 0.239 e. The lowest BCUT2D eigenvalue weighted by atomic mass is 10.0. The molecule has 0 unspecified atom stereocenters. The SMILES string of the molecule is O=C(CN1CCCc2cc(F)cc(F)c21)NCc1ccc2c(c1)OCO2. The van der Waals surface area contributed by atoms with E-state index in [0.717, 1.165) is 18.1 Å². The van der Waals surface area contributed by atoms with E-state index in [1.807, 2.05) is 12.1 Å². The van der Waals surface area contributed by atoms with Crippen LogP contribution in [0.1, 0.15) is 17.5 Å². The average molecular weight is 360 g/mol. The Bertz CT molecular complexity index is 857. The van der Waals surface area contributed by atoms with E-state index >= 15 is 0 Å². The van der Waals surface area contributed by atoms with Crippen LogP contribution in [0.15, 0.2) is 30.3 Å². The number of amides is 1. The van der Waals surface area contributed by atoms with Crippen molar-refractivity contribution in [3.63, 3.8) is 0 Å². The summed E-state index contributed by atoms with van der Waals surface area (Å²) < 4.78 is 38.1. The van der Waals surface area contributed by atoms with Gasteiger partial charge in [-0.2, -0.15) is 0 Å². The third-order valence-electron chi connectivity index (χ3n) is 4.56. The van der Waals surface area contributed by atoms with Crippen molar-refractivity contribution < 1.29 is 23.0 Å². The van der Waals surface area contributed by atoms with Crippen molar-refractivity contribution in [3.05, 3.63) is 53.1 Å². The number of nitrogens with one attached hydrogen (secondary N) is 1. The lowest BCUT2D eigenvalue weighted by Gasteiger charge is -2.31. The minimum atomic E-state index is -0.622. The molecule has 1 N–H and O–H groups in total. The second-order valence-electron chi connectivity index (χ2n) is 6.38. The summed E-state index contributed by atoms with van der Waals surface area (Å²) in [5.74, 6) is -0.0867. The number of fused-ring (bicyclic) bond motifs is 2. The number of carbonyl (C=O) groups excluding carboxylic acids is 1. The molecule has 0 aliphatic carbocycles. The summed E-state index contributed by atoms with van der Waals surface area (Å²) >= 11 is 0. The highest BCUT2D eigenvalue weighted by molar-refractivity contribution is 5.82. The molecule has 26 heavy (non-hydrogen) atoms. The van der Waals surface area contributed by atoms with Gasteiger partial charge in [-0.05, 0) is 42.2 Å². The number of hydrogen-bond acceptors (Lipinski definition) is 4. The number of rotatable bonds is 4. The van der Waals surface area contributed by atoms with Gasteiger partial charge in [-0.1, -0.05) is 6.07 Å². The van der Waals surface area contributed by atoms with Crippen molar-refractivity contribution in [2.75, 3.05) is 24.8 Å². The highest BCUT2D eigenvalue weighted by atomic mass is 19.1. The van der Waals surface area contributed by atoms with E-state index in [-0.39, 0.29) is 19.2 Å². The van der Waals surface area contributed by atoms with E-state index in [9.17, 15) is 13.6 Å². The van der Waals surface area contributed by atoms with Gasteiger partial charge in [-0.15, -0.1) is 0 Å². The number of carbonyl (C=O) groups is 1. The molecule has 0 saturated heterocycles. The molecule has 0 fully saturated rings. The summed E-state index contributed by atoms with van der Waals surface area (Å²) in [6.07, 6.45) is 1.37. The second-order valence-corrected chi connectivity index (χ2v) is 6.38. The second kappa shape index (κ2) is 6.82. The molecule has 0 aromatic heterocycles. The molecule has 0 bridgehead atoms. The molecule has 0 spiro atoms. The number of hydrogen-bond donors (Lipinski definition) is 1. The van der Waals surface area contributed by atoms with Gasteiger partial charge >= 0.3 is 0 Å². The Morgan fingerprint density at radius 2 is 2.00 bits per heavy atom. The van der Waals surface area contributed by atoms with Gasteiger partial charge in [0.15, 0.2) is 11.5 Å². The summed E-state index contributed by atoms with van der Waals surface area (Å²) in [4.78, 5) is 14.0. The Kier molecular flexibility index (Phi) is 4.36. The lowest BCUT2D eigenvalue weighted by molar-refractivity contribution is -0.119. The molecule has 5 nitrogen and oxygen atoms in total. The van der Waals surface area contributed by atoms with Crippen LogP contribution in [-0.2, 0) is 17.8 Å². The molecule has 0 saturated carbocycles. The molecule has 2 aliphatic heterocycles. The first kappa shape index (κ1) is 16.6. The van der Waals surface area contributed by atoms with Crippen molar-refractivity contribution >= 4 is 11.6 Å². The van der Waals surface area contributed by atoms with Crippen LogP contribution >= 0.6 is 0 Å². The number of benzene rings is 2. The molecular formula is C19H18F2N2O3. The predicted molar refractivity (Wildman–Crippen MR) is 91.3 cm³/mol. The van der Waals surface area contributed by atoms with Crippen LogP contribution < -0.4 is 19.7 Å². The van der Waals surface area contributed by atoms with Crippen LogP contribution in [0, 0.1) is 11.6 Å². The quantitative estimate of drug-likeness (QED) is 0.911. The molecule has 2 aliphatic rings.